The van der Waals surface area contributed by atoms with E-state index in [9.17, 15) is 18.0 Å². The summed E-state index contributed by atoms with van der Waals surface area (Å²) in [7, 11) is 0. The number of pyridine rings is 1. The van der Waals surface area contributed by atoms with Gasteiger partial charge in [-0.05, 0) is 50.7 Å². The summed E-state index contributed by atoms with van der Waals surface area (Å²) in [6, 6.07) is 6.59. The summed E-state index contributed by atoms with van der Waals surface area (Å²) in [5.74, 6) is -0.506. The second-order valence-corrected chi connectivity index (χ2v) is 7.37. The number of H-pyrrole nitrogens is 1. The number of aromatic nitrogens is 1. The molecule has 0 saturated heterocycles. The molecular formula is C21H25F3N3O+. The number of anilines is 2. The van der Waals surface area contributed by atoms with Crippen LogP contribution in [-0.2, 0) is 6.18 Å². The number of carbonyl (C=O) groups is 1. The molecule has 1 aromatic carbocycles. The van der Waals surface area contributed by atoms with Crippen LogP contribution in [0.2, 0.25) is 0 Å². The van der Waals surface area contributed by atoms with Crippen LogP contribution in [0.25, 0.3) is 0 Å². The monoisotopic (exact) mass is 392 g/mol. The molecular weight excluding hydrogens is 367 g/mol. The van der Waals surface area contributed by atoms with Crippen molar-refractivity contribution in [3.05, 3.63) is 52.7 Å². The molecule has 1 heterocycles. The molecule has 1 aliphatic rings. The first kappa shape index (κ1) is 20.2. The lowest BCUT2D eigenvalue weighted by Gasteiger charge is -2.19. The Morgan fingerprint density at radius 1 is 1.11 bits per heavy atom. The van der Waals surface area contributed by atoms with Crippen LogP contribution in [0.4, 0.5) is 24.7 Å². The number of benzene rings is 1. The Balaban J connectivity index is 1.88. The third-order valence-corrected chi connectivity index (χ3v) is 5.19. The molecule has 3 rings (SSSR count). The summed E-state index contributed by atoms with van der Waals surface area (Å²) in [5, 5.41) is 5.77. The largest absolute Gasteiger partial charge is 0.417 e. The van der Waals surface area contributed by atoms with E-state index in [0.29, 0.717) is 5.69 Å². The molecule has 0 bridgehead atoms. The fourth-order valence-corrected chi connectivity index (χ4v) is 3.66. The van der Waals surface area contributed by atoms with E-state index >= 15 is 0 Å². The van der Waals surface area contributed by atoms with E-state index in [1.165, 1.54) is 0 Å². The first-order chi connectivity index (χ1) is 13.3. The molecule has 3 N–H and O–H groups in total. The van der Waals surface area contributed by atoms with Gasteiger partial charge >= 0.3 is 6.18 Å². The summed E-state index contributed by atoms with van der Waals surface area (Å²) < 4.78 is 40.9. The summed E-state index contributed by atoms with van der Waals surface area (Å²) in [4.78, 5) is 15.5. The van der Waals surface area contributed by atoms with Crippen LogP contribution < -0.4 is 15.6 Å². The predicted molar refractivity (Wildman–Crippen MR) is 102 cm³/mol. The first-order valence-electron chi connectivity index (χ1n) is 9.52. The van der Waals surface area contributed by atoms with E-state index in [1.807, 2.05) is 6.07 Å². The third-order valence-electron chi connectivity index (χ3n) is 5.19. The molecule has 1 amide bonds. The van der Waals surface area contributed by atoms with Gasteiger partial charge in [0.15, 0.2) is 0 Å². The molecule has 7 heteroatoms. The number of hydrogen-bond donors (Lipinski definition) is 2. The topological polar surface area (TPSA) is 55.3 Å². The highest BCUT2D eigenvalue weighted by atomic mass is 19.4. The lowest BCUT2D eigenvalue weighted by molar-refractivity contribution is -0.362. The molecule has 150 valence electrons. The van der Waals surface area contributed by atoms with Crippen molar-refractivity contribution < 1.29 is 22.9 Å². The second-order valence-electron chi connectivity index (χ2n) is 7.37. The number of para-hydroxylation sites is 1. The van der Waals surface area contributed by atoms with E-state index in [4.69, 9.17) is 0 Å². The Morgan fingerprint density at radius 2 is 1.75 bits per heavy atom. The van der Waals surface area contributed by atoms with E-state index in [-0.39, 0.29) is 11.9 Å². The average Bonchev–Trinajstić information content (AvgIpc) is 2.65. The van der Waals surface area contributed by atoms with Gasteiger partial charge in [-0.2, -0.15) is 13.2 Å². The molecule has 1 saturated carbocycles. The SMILES string of the molecule is Cc1cccc(C)c1NC(=O)c1c[nH+]c(NC2CCCCC2)cc1C(F)(F)F. The number of nitrogens with one attached hydrogen (secondary N) is 3. The quantitative estimate of drug-likeness (QED) is 0.758. The first-order valence-corrected chi connectivity index (χ1v) is 9.52. The molecule has 1 aliphatic carbocycles. The fraction of sp³-hybridized carbons (Fsp3) is 0.429. The van der Waals surface area contributed by atoms with Crippen molar-refractivity contribution >= 4 is 17.4 Å². The number of hydrogen-bond acceptors (Lipinski definition) is 2. The maximum absolute atomic E-state index is 13.6. The van der Waals surface area contributed by atoms with Crippen LogP contribution in [0.1, 0.15) is 59.2 Å². The van der Waals surface area contributed by atoms with Crippen LogP contribution in [0.15, 0.2) is 30.5 Å². The highest BCUT2D eigenvalue weighted by molar-refractivity contribution is 6.06. The van der Waals surface area contributed by atoms with E-state index in [0.717, 1.165) is 55.5 Å². The fourth-order valence-electron chi connectivity index (χ4n) is 3.66. The number of alkyl halides is 3. The minimum absolute atomic E-state index is 0.153. The molecule has 1 fully saturated rings. The van der Waals surface area contributed by atoms with Gasteiger partial charge in [-0.25, -0.2) is 4.98 Å². The number of aromatic amines is 1. The Kier molecular flexibility index (Phi) is 5.91. The van der Waals surface area contributed by atoms with Crippen molar-refractivity contribution in [2.75, 3.05) is 10.6 Å². The van der Waals surface area contributed by atoms with Crippen molar-refractivity contribution in [2.24, 2.45) is 0 Å². The van der Waals surface area contributed by atoms with Crippen molar-refractivity contribution in [3.63, 3.8) is 0 Å². The normalized spacial score (nSPS) is 15.3. The lowest BCUT2D eigenvalue weighted by Crippen LogP contribution is -2.29. The molecule has 0 atom stereocenters. The van der Waals surface area contributed by atoms with E-state index in [1.54, 1.807) is 26.0 Å². The maximum atomic E-state index is 13.6. The van der Waals surface area contributed by atoms with Crippen LogP contribution in [0.3, 0.4) is 0 Å². The molecule has 4 nitrogen and oxygen atoms in total. The Hall–Kier alpha value is -2.57. The maximum Gasteiger partial charge on any atom is 0.417 e. The highest BCUT2D eigenvalue weighted by Gasteiger charge is 2.37. The number of rotatable bonds is 4. The summed E-state index contributed by atoms with van der Waals surface area (Å²) in [6.07, 6.45) is 1.67. The van der Waals surface area contributed by atoms with Gasteiger partial charge in [0, 0.05) is 11.8 Å². The standard InChI is InChI=1S/C21H24F3N3O/c1-13-7-6-8-14(2)19(13)27-20(28)16-12-25-18(11-17(16)21(22,23)24)26-15-9-4-3-5-10-15/h6-8,11-12,15H,3-5,9-10H2,1-2H3,(H,25,26)(H,27,28)/p+1. The zero-order valence-electron chi connectivity index (χ0n) is 16.0. The van der Waals surface area contributed by atoms with Gasteiger partial charge in [0.1, 0.15) is 6.20 Å². The second kappa shape index (κ2) is 8.20. The van der Waals surface area contributed by atoms with Gasteiger partial charge in [-0.3, -0.25) is 10.1 Å². The molecule has 2 aromatic rings. The number of halogens is 3. The van der Waals surface area contributed by atoms with E-state index in [2.05, 4.69) is 15.6 Å². The van der Waals surface area contributed by atoms with Crippen molar-refractivity contribution in [3.8, 4) is 0 Å². The van der Waals surface area contributed by atoms with Crippen molar-refractivity contribution in [1.82, 2.24) is 0 Å². The van der Waals surface area contributed by atoms with Crippen molar-refractivity contribution in [2.45, 2.75) is 58.2 Å². The molecule has 28 heavy (non-hydrogen) atoms. The average molecular weight is 392 g/mol. The predicted octanol–water partition coefficient (Wildman–Crippen LogP) is 5.13. The van der Waals surface area contributed by atoms with Crippen LogP contribution in [0.5, 0.6) is 0 Å². The van der Waals surface area contributed by atoms with Gasteiger partial charge in [0.05, 0.1) is 17.2 Å². The number of amides is 1. The van der Waals surface area contributed by atoms with Crippen LogP contribution >= 0.6 is 0 Å². The lowest BCUT2D eigenvalue weighted by atomic mass is 9.95. The Labute approximate surface area is 162 Å². The van der Waals surface area contributed by atoms with Gasteiger partial charge in [0.2, 0.25) is 0 Å². The molecule has 0 aliphatic heterocycles. The van der Waals surface area contributed by atoms with E-state index < -0.39 is 23.2 Å². The Bertz CT molecular complexity index is 838. The summed E-state index contributed by atoms with van der Waals surface area (Å²) in [6.45, 7) is 3.60. The zero-order valence-corrected chi connectivity index (χ0v) is 16.0. The smallest absolute Gasteiger partial charge is 0.321 e. The van der Waals surface area contributed by atoms with Crippen LogP contribution in [-0.4, -0.2) is 11.9 Å². The van der Waals surface area contributed by atoms with Gasteiger partial charge in [-0.15, -0.1) is 0 Å². The minimum Gasteiger partial charge on any atom is -0.321 e. The summed E-state index contributed by atoms with van der Waals surface area (Å²) in [5.41, 5.74) is 0.741. The van der Waals surface area contributed by atoms with Gasteiger partial charge < -0.3 is 5.32 Å². The van der Waals surface area contributed by atoms with Crippen LogP contribution in [0, 0.1) is 13.8 Å². The summed E-state index contributed by atoms with van der Waals surface area (Å²) >= 11 is 0. The van der Waals surface area contributed by atoms with Crippen molar-refractivity contribution in [1.29, 1.82) is 0 Å². The molecule has 1 aromatic heterocycles. The number of carbonyl (C=O) groups excluding carboxylic acids is 1. The zero-order chi connectivity index (χ0) is 20.3. The molecule has 0 spiro atoms. The molecule has 0 unspecified atom stereocenters. The van der Waals surface area contributed by atoms with Gasteiger partial charge in [0.25, 0.3) is 11.7 Å². The number of aryl methyl sites for hydroxylation is 2. The molecule has 0 radical (unpaired) electrons. The minimum atomic E-state index is -4.63. The third kappa shape index (κ3) is 4.64. The Morgan fingerprint density at radius 3 is 2.36 bits per heavy atom. The highest BCUT2D eigenvalue weighted by Crippen LogP contribution is 2.33. The van der Waals surface area contributed by atoms with Gasteiger partial charge in [-0.1, -0.05) is 24.6 Å².